The maximum atomic E-state index is 11.0. The Morgan fingerprint density at radius 3 is 2.75 bits per heavy atom. The second kappa shape index (κ2) is 6.21. The predicted molar refractivity (Wildman–Crippen MR) is 64.5 cm³/mol. The first-order valence-electron chi connectivity index (χ1n) is 6.18. The fourth-order valence-electron chi connectivity index (χ4n) is 2.02. The van der Waals surface area contributed by atoms with E-state index >= 15 is 0 Å². The molecule has 1 heterocycles. The van der Waals surface area contributed by atoms with Crippen LogP contribution in [0.4, 0.5) is 0 Å². The Balaban J connectivity index is 2.52. The minimum absolute atomic E-state index is 0.267. The van der Waals surface area contributed by atoms with Gasteiger partial charge in [0.15, 0.2) is 0 Å². The van der Waals surface area contributed by atoms with Gasteiger partial charge < -0.3 is 10.4 Å². The number of carboxylic acids is 1. The van der Waals surface area contributed by atoms with Crippen molar-refractivity contribution in [2.24, 2.45) is 11.8 Å². The van der Waals surface area contributed by atoms with Gasteiger partial charge in [-0.2, -0.15) is 0 Å². The molecule has 1 aliphatic heterocycles. The summed E-state index contributed by atoms with van der Waals surface area (Å²) in [5.41, 5.74) is 0. The zero-order valence-electron chi connectivity index (χ0n) is 10.6. The van der Waals surface area contributed by atoms with E-state index in [2.05, 4.69) is 31.0 Å². The van der Waals surface area contributed by atoms with Crippen LogP contribution in [0.5, 0.6) is 0 Å². The van der Waals surface area contributed by atoms with E-state index in [0.29, 0.717) is 25.0 Å². The summed E-state index contributed by atoms with van der Waals surface area (Å²) in [6.45, 7) is 9.74. The molecule has 2 atom stereocenters. The van der Waals surface area contributed by atoms with E-state index in [1.807, 2.05) is 0 Å². The molecule has 0 aliphatic carbocycles. The number of hydrogen-bond donors (Lipinski definition) is 2. The van der Waals surface area contributed by atoms with Crippen LogP contribution in [-0.4, -0.2) is 48.2 Å². The van der Waals surface area contributed by atoms with Gasteiger partial charge in [0.25, 0.3) is 0 Å². The van der Waals surface area contributed by atoms with E-state index in [1.165, 1.54) is 0 Å². The van der Waals surface area contributed by atoms with Gasteiger partial charge in [-0.1, -0.05) is 13.8 Å². The molecule has 0 aromatic carbocycles. The van der Waals surface area contributed by atoms with E-state index in [1.54, 1.807) is 0 Å². The normalized spacial score (nSPS) is 28.0. The van der Waals surface area contributed by atoms with Crippen LogP contribution in [0, 0.1) is 11.8 Å². The number of carbonyl (C=O) groups is 1. The van der Waals surface area contributed by atoms with Gasteiger partial charge in [-0.25, -0.2) is 0 Å². The summed E-state index contributed by atoms with van der Waals surface area (Å²) in [7, 11) is 0. The van der Waals surface area contributed by atoms with Gasteiger partial charge in [0, 0.05) is 25.7 Å². The van der Waals surface area contributed by atoms with Crippen LogP contribution >= 0.6 is 0 Å². The van der Waals surface area contributed by atoms with Crippen molar-refractivity contribution in [3.05, 3.63) is 0 Å². The minimum atomic E-state index is -0.684. The van der Waals surface area contributed by atoms with Crippen LogP contribution in [0.25, 0.3) is 0 Å². The van der Waals surface area contributed by atoms with Gasteiger partial charge in [0.1, 0.15) is 0 Å². The van der Waals surface area contributed by atoms with Crippen LogP contribution in [0.15, 0.2) is 0 Å². The monoisotopic (exact) mass is 228 g/mol. The van der Waals surface area contributed by atoms with Crippen molar-refractivity contribution in [1.29, 1.82) is 0 Å². The maximum absolute atomic E-state index is 11.0. The van der Waals surface area contributed by atoms with Crippen LogP contribution in [0.2, 0.25) is 0 Å². The Kier molecular flexibility index (Phi) is 5.22. The minimum Gasteiger partial charge on any atom is -0.481 e. The summed E-state index contributed by atoms with van der Waals surface area (Å²) in [6.07, 6.45) is 1.14. The third-order valence-corrected chi connectivity index (χ3v) is 3.25. The molecule has 0 spiro atoms. The molecule has 0 radical (unpaired) electrons. The van der Waals surface area contributed by atoms with Gasteiger partial charge >= 0.3 is 5.97 Å². The van der Waals surface area contributed by atoms with E-state index in [9.17, 15) is 4.79 Å². The average Bonchev–Trinajstić information content (AvgIpc) is 2.37. The Bertz CT molecular complexity index is 231. The zero-order chi connectivity index (χ0) is 12.1. The molecule has 0 aromatic rings. The average molecular weight is 228 g/mol. The second-order valence-corrected chi connectivity index (χ2v) is 5.22. The van der Waals surface area contributed by atoms with Crippen molar-refractivity contribution >= 4 is 5.97 Å². The first-order chi connectivity index (χ1) is 7.50. The number of rotatable bonds is 4. The summed E-state index contributed by atoms with van der Waals surface area (Å²) >= 11 is 0. The lowest BCUT2D eigenvalue weighted by Gasteiger charge is -2.28. The van der Waals surface area contributed by atoms with Crippen LogP contribution in [0.3, 0.4) is 0 Å². The van der Waals surface area contributed by atoms with Crippen molar-refractivity contribution in [2.75, 3.05) is 26.2 Å². The number of carboxylic acid groups (broad SMARTS) is 1. The Morgan fingerprint density at radius 2 is 2.19 bits per heavy atom. The highest BCUT2D eigenvalue weighted by Crippen LogP contribution is 2.12. The molecular weight excluding hydrogens is 204 g/mol. The maximum Gasteiger partial charge on any atom is 0.309 e. The van der Waals surface area contributed by atoms with Gasteiger partial charge in [-0.15, -0.1) is 0 Å². The quantitative estimate of drug-likeness (QED) is 0.754. The van der Waals surface area contributed by atoms with Gasteiger partial charge in [-0.3, -0.25) is 9.69 Å². The van der Waals surface area contributed by atoms with Crippen LogP contribution < -0.4 is 5.32 Å². The fourth-order valence-corrected chi connectivity index (χ4v) is 2.02. The number of aliphatic carboxylic acids is 1. The molecule has 0 aromatic heterocycles. The Labute approximate surface area is 98.0 Å². The van der Waals surface area contributed by atoms with Gasteiger partial charge in [0.05, 0.1) is 5.92 Å². The summed E-state index contributed by atoms with van der Waals surface area (Å²) in [4.78, 5) is 13.3. The molecule has 0 amide bonds. The lowest BCUT2D eigenvalue weighted by Crippen LogP contribution is -2.40. The lowest BCUT2D eigenvalue weighted by molar-refractivity contribution is -0.142. The summed E-state index contributed by atoms with van der Waals surface area (Å²) in [5, 5.41) is 12.3. The van der Waals surface area contributed by atoms with Crippen molar-refractivity contribution in [3.63, 3.8) is 0 Å². The predicted octanol–water partition coefficient (Wildman–Crippen LogP) is 1.03. The molecule has 1 aliphatic rings. The second-order valence-electron chi connectivity index (χ2n) is 5.22. The van der Waals surface area contributed by atoms with Crippen molar-refractivity contribution in [3.8, 4) is 0 Å². The molecule has 2 unspecified atom stereocenters. The van der Waals surface area contributed by atoms with E-state index in [0.717, 1.165) is 19.5 Å². The molecule has 1 fully saturated rings. The summed E-state index contributed by atoms with van der Waals surface area (Å²) in [5.74, 6) is -0.278. The topological polar surface area (TPSA) is 52.6 Å². The van der Waals surface area contributed by atoms with Crippen molar-refractivity contribution in [1.82, 2.24) is 10.2 Å². The first kappa shape index (κ1) is 13.5. The molecular formula is C12H24N2O2. The van der Waals surface area contributed by atoms with E-state index in [4.69, 9.17) is 5.11 Å². The highest BCUT2D eigenvalue weighted by Gasteiger charge is 2.26. The SMILES string of the molecule is CC(C)CCN1CC(C(=O)O)CNCC1C. The standard InChI is InChI=1S/C12H24N2O2/c1-9(2)4-5-14-8-11(12(15)16)7-13-6-10(14)3/h9-11,13H,4-8H2,1-3H3,(H,15,16). The smallest absolute Gasteiger partial charge is 0.309 e. The number of hydrogen-bond acceptors (Lipinski definition) is 3. The fraction of sp³-hybridized carbons (Fsp3) is 0.917. The molecule has 1 rings (SSSR count). The van der Waals surface area contributed by atoms with Crippen LogP contribution in [0.1, 0.15) is 27.2 Å². The van der Waals surface area contributed by atoms with Gasteiger partial charge in [0.2, 0.25) is 0 Å². The largest absolute Gasteiger partial charge is 0.481 e. The lowest BCUT2D eigenvalue weighted by atomic mass is 10.1. The molecule has 16 heavy (non-hydrogen) atoms. The van der Waals surface area contributed by atoms with Crippen LogP contribution in [-0.2, 0) is 4.79 Å². The van der Waals surface area contributed by atoms with E-state index < -0.39 is 5.97 Å². The molecule has 0 bridgehead atoms. The third-order valence-electron chi connectivity index (χ3n) is 3.25. The summed E-state index contributed by atoms with van der Waals surface area (Å²) in [6, 6.07) is 0.433. The zero-order valence-corrected chi connectivity index (χ0v) is 10.6. The highest BCUT2D eigenvalue weighted by atomic mass is 16.4. The van der Waals surface area contributed by atoms with Crippen molar-refractivity contribution < 1.29 is 9.90 Å². The summed E-state index contributed by atoms with van der Waals surface area (Å²) < 4.78 is 0. The van der Waals surface area contributed by atoms with E-state index in [-0.39, 0.29) is 5.92 Å². The molecule has 4 nitrogen and oxygen atoms in total. The molecule has 1 saturated heterocycles. The molecule has 2 N–H and O–H groups in total. The van der Waals surface area contributed by atoms with Crippen molar-refractivity contribution in [2.45, 2.75) is 33.2 Å². The molecule has 0 saturated carbocycles. The highest BCUT2D eigenvalue weighted by molar-refractivity contribution is 5.70. The molecule has 4 heteroatoms. The number of nitrogens with zero attached hydrogens (tertiary/aromatic N) is 1. The third kappa shape index (κ3) is 4.10. The Hall–Kier alpha value is -0.610. The van der Waals surface area contributed by atoms with Gasteiger partial charge in [-0.05, 0) is 25.8 Å². The molecule has 94 valence electrons. The first-order valence-corrected chi connectivity index (χ1v) is 6.18. The number of nitrogens with one attached hydrogen (secondary N) is 1. The Morgan fingerprint density at radius 1 is 1.50 bits per heavy atom.